The molecule has 27 heavy (non-hydrogen) atoms. The Hall–Kier alpha value is -3.41. The summed E-state index contributed by atoms with van der Waals surface area (Å²) < 4.78 is 5.17. The van der Waals surface area contributed by atoms with E-state index in [1.54, 1.807) is 25.3 Å². The minimum absolute atomic E-state index is 0.270. The molecule has 1 aliphatic rings. The molecular weight excluding hydrogens is 340 g/mol. The Bertz CT molecular complexity index is 956. The molecule has 1 aromatic heterocycles. The number of hydrogen-bond acceptors (Lipinski definition) is 5. The van der Waals surface area contributed by atoms with E-state index in [4.69, 9.17) is 4.74 Å². The summed E-state index contributed by atoms with van der Waals surface area (Å²) in [6.07, 6.45) is 2.14. The van der Waals surface area contributed by atoms with E-state index in [0.29, 0.717) is 11.4 Å². The van der Waals surface area contributed by atoms with E-state index < -0.39 is 0 Å². The minimum atomic E-state index is -0.304. The van der Waals surface area contributed by atoms with Crippen molar-refractivity contribution in [3.05, 3.63) is 71.9 Å². The van der Waals surface area contributed by atoms with Crippen molar-refractivity contribution in [1.82, 2.24) is 10.2 Å². The number of carbonyl (C=O) groups excluding carboxylic acids is 1. The van der Waals surface area contributed by atoms with Gasteiger partial charge in [-0.1, -0.05) is 24.3 Å². The molecule has 1 aliphatic heterocycles. The summed E-state index contributed by atoms with van der Waals surface area (Å²) >= 11 is 0. The second-order valence-corrected chi connectivity index (χ2v) is 6.35. The zero-order valence-electron chi connectivity index (χ0n) is 15.1. The molecule has 2 aromatic carbocycles. The first kappa shape index (κ1) is 17.0. The highest BCUT2D eigenvalue weighted by Crippen LogP contribution is 2.31. The Morgan fingerprint density at radius 3 is 2.78 bits per heavy atom. The number of carbonyl (C=O) groups is 1. The van der Waals surface area contributed by atoms with Gasteiger partial charge in [-0.2, -0.15) is 0 Å². The van der Waals surface area contributed by atoms with Gasteiger partial charge in [0.2, 0.25) is 0 Å². The van der Waals surface area contributed by atoms with Crippen molar-refractivity contribution in [3.8, 4) is 5.75 Å². The highest BCUT2D eigenvalue weighted by molar-refractivity contribution is 6.02. The monoisotopic (exact) mass is 360 g/mol. The summed E-state index contributed by atoms with van der Waals surface area (Å²) in [6.45, 7) is 0.890. The number of hydrogen-bond donors (Lipinski definition) is 1. The van der Waals surface area contributed by atoms with Crippen molar-refractivity contribution in [1.29, 1.82) is 0 Å². The molecule has 0 spiro atoms. The largest absolute Gasteiger partial charge is 0.497 e. The second kappa shape index (κ2) is 7.45. The average Bonchev–Trinajstić information content (AvgIpc) is 2.73. The van der Waals surface area contributed by atoms with Crippen molar-refractivity contribution >= 4 is 23.1 Å². The van der Waals surface area contributed by atoms with Gasteiger partial charge in [-0.3, -0.25) is 4.79 Å². The lowest BCUT2D eigenvalue weighted by Gasteiger charge is -2.29. The molecule has 3 aromatic rings. The van der Waals surface area contributed by atoms with Crippen LogP contribution in [0.5, 0.6) is 5.75 Å². The van der Waals surface area contributed by atoms with Crippen LogP contribution >= 0.6 is 0 Å². The van der Waals surface area contributed by atoms with Gasteiger partial charge in [-0.05, 0) is 48.7 Å². The number of nitrogens with zero attached hydrogens (tertiary/aromatic N) is 3. The fourth-order valence-corrected chi connectivity index (χ4v) is 3.26. The number of aromatic nitrogens is 2. The van der Waals surface area contributed by atoms with Crippen LogP contribution in [0, 0.1) is 0 Å². The van der Waals surface area contributed by atoms with Gasteiger partial charge in [-0.25, -0.2) is 0 Å². The molecule has 1 amide bonds. The molecule has 0 saturated carbocycles. The number of para-hydroxylation sites is 1. The quantitative estimate of drug-likeness (QED) is 0.766. The maximum absolute atomic E-state index is 12.4. The Morgan fingerprint density at radius 1 is 1.07 bits per heavy atom. The molecule has 136 valence electrons. The molecule has 0 unspecified atom stereocenters. The molecule has 6 nitrogen and oxygen atoms in total. The second-order valence-electron chi connectivity index (χ2n) is 6.35. The standard InChI is InChI=1S/C21H20N4O2/c1-27-17-9-4-8-16(14-17)22-21(26)18-11-12-20(24-23-18)25-13-5-7-15-6-2-3-10-19(15)25/h2-4,6,8-12,14H,5,7,13H2,1H3,(H,22,26). The van der Waals surface area contributed by atoms with Gasteiger partial charge in [0.1, 0.15) is 5.75 Å². The van der Waals surface area contributed by atoms with Crippen LogP contribution in [0.4, 0.5) is 17.2 Å². The lowest BCUT2D eigenvalue weighted by molar-refractivity contribution is 0.102. The van der Waals surface area contributed by atoms with Gasteiger partial charge in [0.15, 0.2) is 11.5 Å². The molecule has 0 radical (unpaired) electrons. The van der Waals surface area contributed by atoms with Gasteiger partial charge in [0.05, 0.1) is 7.11 Å². The molecule has 0 aliphatic carbocycles. The summed E-state index contributed by atoms with van der Waals surface area (Å²) in [4.78, 5) is 14.6. The molecule has 1 N–H and O–H groups in total. The third-order valence-electron chi connectivity index (χ3n) is 4.60. The van der Waals surface area contributed by atoms with Crippen molar-refractivity contribution < 1.29 is 9.53 Å². The Balaban J connectivity index is 1.52. The Kier molecular flexibility index (Phi) is 4.70. The summed E-state index contributed by atoms with van der Waals surface area (Å²) in [7, 11) is 1.59. The molecule has 0 fully saturated rings. The van der Waals surface area contributed by atoms with Crippen molar-refractivity contribution in [3.63, 3.8) is 0 Å². The molecule has 0 bridgehead atoms. The van der Waals surface area contributed by atoms with E-state index in [1.807, 2.05) is 24.3 Å². The molecule has 0 saturated heterocycles. The van der Waals surface area contributed by atoms with Gasteiger partial charge < -0.3 is 15.0 Å². The lowest BCUT2D eigenvalue weighted by Crippen LogP contribution is -2.26. The molecule has 4 rings (SSSR count). The first-order valence-electron chi connectivity index (χ1n) is 8.89. The number of fused-ring (bicyclic) bond motifs is 1. The number of anilines is 3. The van der Waals surface area contributed by atoms with E-state index in [9.17, 15) is 4.79 Å². The summed E-state index contributed by atoms with van der Waals surface area (Å²) in [5, 5.41) is 11.2. The minimum Gasteiger partial charge on any atom is -0.497 e. The fraction of sp³-hybridized carbons (Fsp3) is 0.190. The topological polar surface area (TPSA) is 67.3 Å². The molecular formula is C21H20N4O2. The van der Waals surface area contributed by atoms with Gasteiger partial charge in [0, 0.05) is 24.0 Å². The first-order chi connectivity index (χ1) is 13.2. The number of amides is 1. The average molecular weight is 360 g/mol. The summed E-state index contributed by atoms with van der Waals surface area (Å²) in [6, 6.07) is 19.1. The van der Waals surface area contributed by atoms with E-state index in [2.05, 4.69) is 38.6 Å². The van der Waals surface area contributed by atoms with Crippen LogP contribution in [0.3, 0.4) is 0 Å². The Labute approximate surface area is 157 Å². The van der Waals surface area contributed by atoms with Crippen LogP contribution < -0.4 is 15.0 Å². The predicted octanol–water partition coefficient (Wildman–Crippen LogP) is 3.82. The van der Waals surface area contributed by atoms with Gasteiger partial charge >= 0.3 is 0 Å². The number of aryl methyl sites for hydroxylation is 1. The van der Waals surface area contributed by atoms with Crippen molar-refractivity contribution in [2.45, 2.75) is 12.8 Å². The lowest BCUT2D eigenvalue weighted by atomic mass is 10.0. The molecule has 2 heterocycles. The first-order valence-corrected chi connectivity index (χ1v) is 8.89. The van der Waals surface area contributed by atoms with E-state index in [0.717, 1.165) is 30.9 Å². The van der Waals surface area contributed by atoms with Crippen LogP contribution in [0.25, 0.3) is 0 Å². The number of rotatable bonds is 4. The van der Waals surface area contributed by atoms with Crippen LogP contribution in [-0.2, 0) is 6.42 Å². The smallest absolute Gasteiger partial charge is 0.276 e. The number of methoxy groups -OCH3 is 1. The summed E-state index contributed by atoms with van der Waals surface area (Å²) in [5.41, 5.74) is 3.39. The molecule has 0 atom stereocenters. The van der Waals surface area contributed by atoms with Crippen molar-refractivity contribution in [2.24, 2.45) is 0 Å². The van der Waals surface area contributed by atoms with E-state index in [1.165, 1.54) is 5.56 Å². The van der Waals surface area contributed by atoms with Crippen molar-refractivity contribution in [2.75, 3.05) is 23.9 Å². The van der Waals surface area contributed by atoms with Gasteiger partial charge in [0.25, 0.3) is 5.91 Å². The normalized spacial score (nSPS) is 13.0. The zero-order chi connectivity index (χ0) is 18.6. The zero-order valence-corrected chi connectivity index (χ0v) is 15.1. The number of ether oxygens (including phenoxy) is 1. The van der Waals surface area contributed by atoms with Gasteiger partial charge in [-0.15, -0.1) is 10.2 Å². The number of nitrogens with one attached hydrogen (secondary N) is 1. The van der Waals surface area contributed by atoms with Crippen LogP contribution in [0.1, 0.15) is 22.5 Å². The highest BCUT2D eigenvalue weighted by Gasteiger charge is 2.19. The molecule has 6 heteroatoms. The van der Waals surface area contributed by atoms with Crippen LogP contribution in [-0.4, -0.2) is 29.8 Å². The van der Waals surface area contributed by atoms with E-state index >= 15 is 0 Å². The highest BCUT2D eigenvalue weighted by atomic mass is 16.5. The maximum Gasteiger partial charge on any atom is 0.276 e. The SMILES string of the molecule is COc1cccc(NC(=O)c2ccc(N3CCCc4ccccc43)nn2)c1. The summed E-state index contributed by atoms with van der Waals surface area (Å²) in [5.74, 6) is 1.12. The number of benzene rings is 2. The Morgan fingerprint density at radius 2 is 1.96 bits per heavy atom. The van der Waals surface area contributed by atoms with E-state index in [-0.39, 0.29) is 11.6 Å². The third-order valence-corrected chi connectivity index (χ3v) is 4.60. The third kappa shape index (κ3) is 3.60. The fourth-order valence-electron chi connectivity index (χ4n) is 3.26. The maximum atomic E-state index is 12.4. The predicted molar refractivity (Wildman–Crippen MR) is 105 cm³/mol. The van der Waals surface area contributed by atoms with Crippen LogP contribution in [0.2, 0.25) is 0 Å². The van der Waals surface area contributed by atoms with Crippen LogP contribution in [0.15, 0.2) is 60.7 Å².